The lowest BCUT2D eigenvalue weighted by Crippen LogP contribution is -2.59. The van der Waals surface area contributed by atoms with Gasteiger partial charge in [-0.05, 0) is 37.7 Å². The van der Waals surface area contributed by atoms with Gasteiger partial charge in [-0.2, -0.15) is 0 Å². The molecule has 1 aromatic heterocycles. The Kier molecular flexibility index (Phi) is 5.55. The maximum absolute atomic E-state index is 11.5. The second-order valence-electron chi connectivity index (χ2n) is 7.56. The van der Waals surface area contributed by atoms with Gasteiger partial charge in [0.2, 0.25) is 0 Å². The molecule has 0 amide bonds. The monoisotopic (exact) mass is 389 g/mol. The number of hydrogen-bond donors (Lipinski definition) is 1. The van der Waals surface area contributed by atoms with E-state index in [1.54, 1.807) is 6.20 Å². The number of anilines is 1. The normalized spacial score (nSPS) is 23.6. The van der Waals surface area contributed by atoms with E-state index in [-0.39, 0.29) is 11.8 Å². The van der Waals surface area contributed by atoms with Crippen molar-refractivity contribution in [3.63, 3.8) is 0 Å². The highest BCUT2D eigenvalue weighted by Gasteiger charge is 2.44. The van der Waals surface area contributed by atoms with Gasteiger partial charge in [0.1, 0.15) is 11.4 Å². The predicted molar refractivity (Wildman–Crippen MR) is 107 cm³/mol. The smallest absolute Gasteiger partial charge is 0.151 e. The first-order chi connectivity index (χ1) is 12.7. The summed E-state index contributed by atoms with van der Waals surface area (Å²) in [6.07, 6.45) is 3.43. The van der Waals surface area contributed by atoms with E-state index in [1.807, 2.05) is 56.6 Å². The van der Waals surface area contributed by atoms with E-state index in [1.165, 1.54) is 6.26 Å². The van der Waals surface area contributed by atoms with Crippen molar-refractivity contribution < 1.29 is 13.5 Å². The van der Waals surface area contributed by atoms with Crippen LogP contribution in [0, 0.1) is 0 Å². The molecule has 0 spiro atoms. The molecule has 1 saturated heterocycles. The minimum Gasteiger partial charge on any atom is -0.383 e. The number of likely N-dealkylation sites (N-methyl/N-ethyl adjacent to an activating group) is 1. The maximum atomic E-state index is 11.5. The number of benzene rings is 1. The summed E-state index contributed by atoms with van der Waals surface area (Å²) >= 11 is 0. The molecule has 1 aliphatic heterocycles. The Morgan fingerprint density at radius 1 is 1.22 bits per heavy atom. The molecule has 1 aromatic carbocycles. The lowest BCUT2D eigenvalue weighted by Gasteiger charge is -2.48. The third kappa shape index (κ3) is 4.48. The van der Waals surface area contributed by atoms with Crippen molar-refractivity contribution in [2.75, 3.05) is 38.3 Å². The second-order valence-corrected chi connectivity index (χ2v) is 9.70. The first kappa shape index (κ1) is 19.8. The van der Waals surface area contributed by atoms with Crippen LogP contribution in [-0.4, -0.2) is 62.9 Å². The molecule has 2 aromatic rings. The Bertz CT molecular complexity index is 869. The molecule has 2 heterocycles. The zero-order valence-corrected chi connectivity index (χ0v) is 16.9. The molecule has 2 atom stereocenters. The van der Waals surface area contributed by atoms with Crippen LogP contribution in [0.4, 0.5) is 5.82 Å². The van der Waals surface area contributed by atoms with Gasteiger partial charge in [0.25, 0.3) is 0 Å². The van der Waals surface area contributed by atoms with E-state index in [2.05, 4.69) is 14.8 Å². The molecular formula is C20H27N3O3S. The number of piperidine rings is 1. The fraction of sp³-hybridized carbons (Fsp3) is 0.450. The maximum Gasteiger partial charge on any atom is 0.151 e. The van der Waals surface area contributed by atoms with Crippen LogP contribution in [0.2, 0.25) is 0 Å². The van der Waals surface area contributed by atoms with Crippen molar-refractivity contribution in [3.8, 4) is 0 Å². The van der Waals surface area contributed by atoms with Gasteiger partial charge >= 0.3 is 0 Å². The van der Waals surface area contributed by atoms with Crippen LogP contribution in [-0.2, 0) is 21.2 Å². The summed E-state index contributed by atoms with van der Waals surface area (Å²) in [6.45, 7) is 1.31. The van der Waals surface area contributed by atoms with Crippen LogP contribution < -0.4 is 4.90 Å². The summed E-state index contributed by atoms with van der Waals surface area (Å²) in [7, 11) is 0.880. The first-order valence-corrected chi connectivity index (χ1v) is 11.1. The number of aromatic nitrogens is 1. The molecule has 1 N–H and O–H groups in total. The largest absolute Gasteiger partial charge is 0.383 e. The summed E-state index contributed by atoms with van der Waals surface area (Å²) in [5.74, 6) is 0.795. The number of pyridine rings is 1. The summed E-state index contributed by atoms with van der Waals surface area (Å²) < 4.78 is 22.9. The quantitative estimate of drug-likeness (QED) is 0.838. The Morgan fingerprint density at radius 3 is 2.48 bits per heavy atom. The summed E-state index contributed by atoms with van der Waals surface area (Å²) in [6, 6.07) is 13.4. The molecule has 1 aliphatic rings. The molecule has 27 heavy (non-hydrogen) atoms. The second kappa shape index (κ2) is 7.58. The van der Waals surface area contributed by atoms with Crippen molar-refractivity contribution in [1.82, 2.24) is 9.88 Å². The zero-order chi connectivity index (χ0) is 19.7. The van der Waals surface area contributed by atoms with Crippen molar-refractivity contribution in [2.45, 2.75) is 23.8 Å². The summed E-state index contributed by atoms with van der Waals surface area (Å²) in [4.78, 5) is 8.66. The number of hydrogen-bond acceptors (Lipinski definition) is 6. The Balaban J connectivity index is 1.81. The van der Waals surface area contributed by atoms with Crippen molar-refractivity contribution in [2.24, 2.45) is 0 Å². The molecule has 0 bridgehead atoms. The number of nitrogens with zero attached hydrogens (tertiary/aromatic N) is 3. The van der Waals surface area contributed by atoms with Gasteiger partial charge in [-0.15, -0.1) is 0 Å². The molecule has 0 saturated carbocycles. The minimum absolute atomic E-state index is 0.00559. The van der Waals surface area contributed by atoms with Crippen LogP contribution in [0.1, 0.15) is 17.5 Å². The predicted octanol–water partition coefficient (Wildman–Crippen LogP) is 1.65. The summed E-state index contributed by atoms with van der Waals surface area (Å²) in [5, 5.41) is 11.5. The average Bonchev–Trinajstić information content (AvgIpc) is 2.62. The molecule has 0 unspecified atom stereocenters. The van der Waals surface area contributed by atoms with Crippen LogP contribution in [0.25, 0.3) is 0 Å². The summed E-state index contributed by atoms with van der Waals surface area (Å²) in [5.41, 5.74) is 0.695. The Labute approximate surface area is 161 Å². The van der Waals surface area contributed by atoms with Gasteiger partial charge in [0.15, 0.2) is 9.84 Å². The van der Waals surface area contributed by atoms with E-state index >= 15 is 0 Å². The van der Waals surface area contributed by atoms with Gasteiger partial charge in [-0.25, -0.2) is 13.4 Å². The number of aliphatic hydroxyl groups is 1. The fourth-order valence-electron chi connectivity index (χ4n) is 3.78. The topological polar surface area (TPSA) is 73.7 Å². The highest BCUT2D eigenvalue weighted by molar-refractivity contribution is 7.89. The third-order valence-corrected chi connectivity index (χ3v) is 6.02. The number of sulfone groups is 1. The van der Waals surface area contributed by atoms with E-state index in [4.69, 9.17) is 0 Å². The van der Waals surface area contributed by atoms with Gasteiger partial charge in [-0.3, -0.25) is 0 Å². The standard InChI is InChI=1S/C20H27N3O3S/c1-22(2)18-14-23(12-11-20(18,24)17-7-5-4-6-8-17)19-10-9-16(13-21-19)15-27(3,25)26/h4-10,13,18,24H,11-12,14-15H2,1-3H3/t18-,20+/m1/s1. The molecule has 7 heteroatoms. The SMILES string of the molecule is CN(C)[C@@H]1CN(c2ccc(CS(C)(=O)=O)cn2)CC[C@]1(O)c1ccccc1. The van der Waals surface area contributed by atoms with Crippen molar-refractivity contribution in [1.29, 1.82) is 0 Å². The molecule has 1 fully saturated rings. The zero-order valence-electron chi connectivity index (χ0n) is 16.0. The fourth-order valence-corrected chi connectivity index (χ4v) is 4.55. The van der Waals surface area contributed by atoms with Crippen molar-refractivity contribution in [3.05, 3.63) is 59.8 Å². The van der Waals surface area contributed by atoms with Crippen LogP contribution in [0.3, 0.4) is 0 Å². The molecule has 146 valence electrons. The van der Waals surface area contributed by atoms with Gasteiger partial charge in [0.05, 0.1) is 11.8 Å². The molecule has 6 nitrogen and oxygen atoms in total. The van der Waals surface area contributed by atoms with E-state index in [0.717, 1.165) is 11.4 Å². The van der Waals surface area contributed by atoms with Gasteiger partial charge < -0.3 is 14.9 Å². The highest BCUT2D eigenvalue weighted by Crippen LogP contribution is 2.36. The average molecular weight is 390 g/mol. The van der Waals surface area contributed by atoms with E-state index < -0.39 is 15.4 Å². The van der Waals surface area contributed by atoms with Crippen LogP contribution in [0.5, 0.6) is 0 Å². The van der Waals surface area contributed by atoms with Gasteiger partial charge in [0, 0.05) is 25.5 Å². The molecular weight excluding hydrogens is 362 g/mol. The van der Waals surface area contributed by atoms with E-state index in [9.17, 15) is 13.5 Å². The Morgan fingerprint density at radius 2 is 1.93 bits per heavy atom. The van der Waals surface area contributed by atoms with Crippen LogP contribution in [0.15, 0.2) is 48.7 Å². The lowest BCUT2D eigenvalue weighted by atomic mass is 9.80. The molecule has 0 aliphatic carbocycles. The first-order valence-electron chi connectivity index (χ1n) is 9.01. The highest BCUT2D eigenvalue weighted by atomic mass is 32.2. The van der Waals surface area contributed by atoms with Crippen molar-refractivity contribution >= 4 is 15.7 Å². The minimum atomic E-state index is -3.07. The van der Waals surface area contributed by atoms with Crippen LogP contribution >= 0.6 is 0 Å². The third-order valence-electron chi connectivity index (χ3n) is 5.17. The lowest BCUT2D eigenvalue weighted by molar-refractivity contribution is -0.0527. The molecule has 0 radical (unpaired) electrons. The molecule has 3 rings (SSSR count). The van der Waals surface area contributed by atoms with E-state index in [0.29, 0.717) is 25.1 Å². The number of rotatable bonds is 5. The van der Waals surface area contributed by atoms with Gasteiger partial charge in [-0.1, -0.05) is 36.4 Å². The Hall–Kier alpha value is -1.96.